The van der Waals surface area contributed by atoms with Crippen LogP contribution in [-0.2, 0) is 6.18 Å². The highest BCUT2D eigenvalue weighted by molar-refractivity contribution is 5.27. The van der Waals surface area contributed by atoms with Gasteiger partial charge in [0.2, 0.25) is 0 Å². The van der Waals surface area contributed by atoms with E-state index in [-0.39, 0.29) is 17.6 Å². The molecule has 0 aliphatic rings. The number of H-pyrrole nitrogens is 1. The second kappa shape index (κ2) is 6.54. The molecule has 124 valence electrons. The quantitative estimate of drug-likeness (QED) is 0.904. The first-order valence-corrected chi connectivity index (χ1v) is 7.18. The van der Waals surface area contributed by atoms with E-state index in [0.717, 1.165) is 12.1 Å². The molecule has 2 aromatic rings. The van der Waals surface area contributed by atoms with Crippen LogP contribution in [0.4, 0.5) is 13.2 Å². The molecule has 7 heteroatoms. The third kappa shape index (κ3) is 4.41. The number of benzene rings is 1. The van der Waals surface area contributed by atoms with Crippen molar-refractivity contribution < 1.29 is 13.2 Å². The van der Waals surface area contributed by atoms with Gasteiger partial charge >= 0.3 is 6.18 Å². The molecule has 4 nitrogen and oxygen atoms in total. The van der Waals surface area contributed by atoms with Gasteiger partial charge in [0.1, 0.15) is 5.82 Å². The Morgan fingerprint density at radius 3 is 2.48 bits per heavy atom. The molecule has 0 spiro atoms. The predicted octanol–water partition coefficient (Wildman–Crippen LogP) is 3.51. The summed E-state index contributed by atoms with van der Waals surface area (Å²) >= 11 is 0. The molecule has 0 amide bonds. The fraction of sp³-hybridized carbons (Fsp3) is 0.375. The fourth-order valence-corrected chi connectivity index (χ4v) is 2.34. The summed E-state index contributed by atoms with van der Waals surface area (Å²) in [5, 5.41) is 3.15. The summed E-state index contributed by atoms with van der Waals surface area (Å²) in [4.78, 5) is 18.3. The van der Waals surface area contributed by atoms with E-state index < -0.39 is 11.7 Å². The van der Waals surface area contributed by atoms with Crippen molar-refractivity contribution in [2.75, 3.05) is 0 Å². The molecule has 0 fully saturated rings. The van der Waals surface area contributed by atoms with Gasteiger partial charge in [-0.1, -0.05) is 12.1 Å². The van der Waals surface area contributed by atoms with Crippen LogP contribution in [-0.4, -0.2) is 9.97 Å². The number of aromatic nitrogens is 2. The van der Waals surface area contributed by atoms with Crippen LogP contribution in [0.3, 0.4) is 0 Å². The zero-order valence-corrected chi connectivity index (χ0v) is 13.0. The number of aromatic amines is 1. The summed E-state index contributed by atoms with van der Waals surface area (Å²) in [5.41, 5.74) is 0.164. The molecule has 2 atom stereocenters. The molecule has 0 aliphatic carbocycles. The molecule has 2 rings (SSSR count). The average molecular weight is 325 g/mol. The molecule has 1 aromatic heterocycles. The molecule has 0 bridgehead atoms. The second-order valence-corrected chi connectivity index (χ2v) is 5.51. The molecule has 0 saturated heterocycles. The standard InChI is InChI=1S/C16H18F3N3O/c1-9-7-14(23)22-15(20-9)11(3)21-10(2)12-5-4-6-13(8-12)16(17,18)19/h4-8,10-11,21H,1-3H3,(H,20,22,23). The van der Waals surface area contributed by atoms with E-state index in [1.54, 1.807) is 26.8 Å². The predicted molar refractivity (Wildman–Crippen MR) is 81.0 cm³/mol. The smallest absolute Gasteiger partial charge is 0.309 e. The maximum Gasteiger partial charge on any atom is 0.416 e. The third-order valence-electron chi connectivity index (χ3n) is 3.51. The number of nitrogens with one attached hydrogen (secondary N) is 2. The van der Waals surface area contributed by atoms with Crippen molar-refractivity contribution in [2.45, 2.75) is 39.0 Å². The number of rotatable bonds is 4. The van der Waals surface area contributed by atoms with Gasteiger partial charge in [-0.3, -0.25) is 4.79 Å². The molecule has 2 unspecified atom stereocenters. The maximum absolute atomic E-state index is 12.8. The molecule has 0 saturated carbocycles. The van der Waals surface area contributed by atoms with Gasteiger partial charge in [0.15, 0.2) is 0 Å². The Balaban J connectivity index is 2.18. The van der Waals surface area contributed by atoms with Crippen molar-refractivity contribution in [2.24, 2.45) is 0 Å². The van der Waals surface area contributed by atoms with Crippen molar-refractivity contribution in [3.8, 4) is 0 Å². The Labute approximate surface area is 131 Å². The van der Waals surface area contributed by atoms with Crippen LogP contribution in [0.1, 0.15) is 48.6 Å². The van der Waals surface area contributed by atoms with E-state index in [4.69, 9.17) is 0 Å². The maximum atomic E-state index is 12.8. The number of alkyl halides is 3. The van der Waals surface area contributed by atoms with E-state index in [9.17, 15) is 18.0 Å². The number of hydrogen-bond donors (Lipinski definition) is 2. The highest BCUT2D eigenvalue weighted by atomic mass is 19.4. The van der Waals surface area contributed by atoms with Gasteiger partial charge in [0, 0.05) is 17.8 Å². The normalized spacial score (nSPS) is 14.5. The van der Waals surface area contributed by atoms with Crippen LogP contribution >= 0.6 is 0 Å². The van der Waals surface area contributed by atoms with Crippen molar-refractivity contribution in [1.82, 2.24) is 15.3 Å². The molecular formula is C16H18F3N3O. The highest BCUT2D eigenvalue weighted by Crippen LogP contribution is 2.31. The Bertz CT molecular complexity index is 740. The van der Waals surface area contributed by atoms with Crippen molar-refractivity contribution in [3.63, 3.8) is 0 Å². The minimum atomic E-state index is -4.37. The lowest BCUT2D eigenvalue weighted by atomic mass is 10.0. The minimum absolute atomic E-state index is 0.257. The van der Waals surface area contributed by atoms with Gasteiger partial charge in [-0.15, -0.1) is 0 Å². The van der Waals surface area contributed by atoms with Crippen LogP contribution in [0, 0.1) is 6.92 Å². The van der Waals surface area contributed by atoms with Crippen LogP contribution in [0.25, 0.3) is 0 Å². The largest absolute Gasteiger partial charge is 0.416 e. The zero-order chi connectivity index (χ0) is 17.2. The van der Waals surface area contributed by atoms with E-state index >= 15 is 0 Å². The van der Waals surface area contributed by atoms with E-state index in [0.29, 0.717) is 17.1 Å². The Hall–Kier alpha value is -2.15. The third-order valence-corrected chi connectivity index (χ3v) is 3.51. The van der Waals surface area contributed by atoms with E-state index in [1.807, 2.05) is 0 Å². The Morgan fingerprint density at radius 1 is 1.17 bits per heavy atom. The van der Waals surface area contributed by atoms with Gasteiger partial charge < -0.3 is 10.3 Å². The lowest BCUT2D eigenvalue weighted by Gasteiger charge is -2.21. The second-order valence-electron chi connectivity index (χ2n) is 5.51. The first-order chi connectivity index (χ1) is 10.7. The van der Waals surface area contributed by atoms with E-state index in [1.165, 1.54) is 12.1 Å². The van der Waals surface area contributed by atoms with Gasteiger partial charge in [-0.25, -0.2) is 4.98 Å². The number of nitrogens with zero attached hydrogens (tertiary/aromatic N) is 1. The first-order valence-electron chi connectivity index (χ1n) is 7.18. The summed E-state index contributed by atoms with van der Waals surface area (Å²) < 4.78 is 38.3. The SMILES string of the molecule is Cc1cc(=O)[nH]c(C(C)NC(C)c2cccc(C(F)(F)F)c2)n1. The highest BCUT2D eigenvalue weighted by Gasteiger charge is 2.30. The average Bonchev–Trinajstić information content (AvgIpc) is 2.45. The molecular weight excluding hydrogens is 307 g/mol. The lowest BCUT2D eigenvalue weighted by Crippen LogP contribution is -2.26. The van der Waals surface area contributed by atoms with Crippen LogP contribution in [0.5, 0.6) is 0 Å². The summed E-state index contributed by atoms with van der Waals surface area (Å²) in [6, 6.07) is 5.91. The van der Waals surface area contributed by atoms with Crippen molar-refractivity contribution in [3.05, 3.63) is 63.3 Å². The fourth-order valence-electron chi connectivity index (χ4n) is 2.34. The van der Waals surface area contributed by atoms with E-state index in [2.05, 4.69) is 15.3 Å². The zero-order valence-electron chi connectivity index (χ0n) is 13.0. The summed E-state index contributed by atoms with van der Waals surface area (Å²) in [5.74, 6) is 0.453. The number of halogens is 3. The Morgan fingerprint density at radius 2 is 1.87 bits per heavy atom. The van der Waals surface area contributed by atoms with Gasteiger partial charge in [0.25, 0.3) is 5.56 Å². The molecule has 0 aliphatic heterocycles. The molecule has 23 heavy (non-hydrogen) atoms. The molecule has 1 aromatic carbocycles. The van der Waals surface area contributed by atoms with Crippen LogP contribution in [0.2, 0.25) is 0 Å². The minimum Gasteiger partial charge on any atom is -0.309 e. The molecule has 2 N–H and O–H groups in total. The summed E-state index contributed by atoms with van der Waals surface area (Å²) in [7, 11) is 0. The summed E-state index contributed by atoms with van der Waals surface area (Å²) in [6.45, 7) is 5.27. The van der Waals surface area contributed by atoms with Crippen molar-refractivity contribution in [1.29, 1.82) is 0 Å². The topological polar surface area (TPSA) is 57.8 Å². The summed E-state index contributed by atoms with van der Waals surface area (Å²) in [6.07, 6.45) is -4.37. The monoisotopic (exact) mass is 325 g/mol. The van der Waals surface area contributed by atoms with Gasteiger partial charge in [-0.2, -0.15) is 13.2 Å². The van der Waals surface area contributed by atoms with Crippen LogP contribution < -0.4 is 10.9 Å². The Kier molecular flexibility index (Phi) is 4.89. The van der Waals surface area contributed by atoms with Gasteiger partial charge in [-0.05, 0) is 38.5 Å². The lowest BCUT2D eigenvalue weighted by molar-refractivity contribution is -0.137. The van der Waals surface area contributed by atoms with Gasteiger partial charge in [0.05, 0.1) is 11.6 Å². The van der Waals surface area contributed by atoms with Crippen molar-refractivity contribution >= 4 is 0 Å². The molecule has 0 radical (unpaired) electrons. The first kappa shape index (κ1) is 17.2. The van der Waals surface area contributed by atoms with Crippen LogP contribution in [0.15, 0.2) is 35.1 Å². The number of hydrogen-bond acceptors (Lipinski definition) is 3. The molecule has 1 heterocycles. The number of aryl methyl sites for hydroxylation is 1.